The van der Waals surface area contributed by atoms with E-state index >= 15 is 0 Å². The number of aromatic amines is 1. The van der Waals surface area contributed by atoms with Gasteiger partial charge in [-0.3, -0.25) is 9.89 Å². The highest BCUT2D eigenvalue weighted by Gasteiger charge is 2.37. The Bertz CT molecular complexity index is 618. The number of hydrogen-bond donors (Lipinski definition) is 1. The summed E-state index contributed by atoms with van der Waals surface area (Å²) in [6, 6.07) is -0.398. The Morgan fingerprint density at radius 1 is 1.55 bits per heavy atom. The standard InChI is InChI=1S/C14H17N5O3/c1-3-4-5-11(15-10-22-2)8-18-9-13(20)19(14(18)21)12-6-16-17-7-12/h3-7,10H,8-9H2,1-2H3,(H,16,17)/b4-3-,11-5-,15-10+. The molecule has 0 unspecified atom stereocenters. The maximum absolute atomic E-state index is 12.4. The van der Waals surface area contributed by atoms with E-state index in [0.717, 1.165) is 4.90 Å². The van der Waals surface area contributed by atoms with Crippen LogP contribution in [0.2, 0.25) is 0 Å². The number of imide groups is 1. The molecular formula is C14H17N5O3. The lowest BCUT2D eigenvalue weighted by Gasteiger charge is -2.15. The van der Waals surface area contributed by atoms with Gasteiger partial charge in [-0.1, -0.05) is 12.2 Å². The number of urea groups is 1. The summed E-state index contributed by atoms with van der Waals surface area (Å²) in [5.74, 6) is -0.299. The summed E-state index contributed by atoms with van der Waals surface area (Å²) >= 11 is 0. The van der Waals surface area contributed by atoms with E-state index in [1.807, 2.05) is 13.0 Å². The molecule has 0 radical (unpaired) electrons. The SMILES string of the molecule is C\C=C/C=C(CN1CC(=O)N(c2cn[nH]c2)C1=O)\N=C\OC. The first-order valence-electron chi connectivity index (χ1n) is 6.65. The minimum atomic E-state index is -0.398. The van der Waals surface area contributed by atoms with Crippen LogP contribution in [0.3, 0.4) is 0 Å². The fourth-order valence-electron chi connectivity index (χ4n) is 1.95. The average Bonchev–Trinajstić information content (AvgIpc) is 3.10. The van der Waals surface area contributed by atoms with Gasteiger partial charge in [-0.25, -0.2) is 14.7 Å². The largest absolute Gasteiger partial charge is 0.486 e. The molecule has 0 aliphatic carbocycles. The minimum absolute atomic E-state index is 0.000303. The molecule has 0 aromatic carbocycles. The number of hydrogen-bond acceptors (Lipinski definition) is 5. The third kappa shape index (κ3) is 3.40. The van der Waals surface area contributed by atoms with Crippen molar-refractivity contribution in [2.75, 3.05) is 25.1 Å². The Morgan fingerprint density at radius 2 is 2.36 bits per heavy atom. The number of nitrogens with zero attached hydrogens (tertiary/aromatic N) is 4. The number of nitrogens with one attached hydrogen (secondary N) is 1. The topological polar surface area (TPSA) is 90.9 Å². The van der Waals surface area contributed by atoms with Crippen molar-refractivity contribution in [3.63, 3.8) is 0 Å². The molecule has 8 nitrogen and oxygen atoms in total. The second-order valence-electron chi connectivity index (χ2n) is 4.48. The van der Waals surface area contributed by atoms with Crippen molar-refractivity contribution >= 4 is 24.0 Å². The Morgan fingerprint density at radius 3 is 3.00 bits per heavy atom. The van der Waals surface area contributed by atoms with E-state index in [0.29, 0.717) is 11.4 Å². The predicted molar refractivity (Wildman–Crippen MR) is 81.4 cm³/mol. The zero-order valence-electron chi connectivity index (χ0n) is 12.4. The van der Waals surface area contributed by atoms with Crippen LogP contribution >= 0.6 is 0 Å². The highest BCUT2D eigenvalue weighted by atomic mass is 16.5. The Balaban J connectivity index is 2.14. The quantitative estimate of drug-likeness (QED) is 0.371. The number of aliphatic imine (C=N–C) groups is 1. The van der Waals surface area contributed by atoms with Gasteiger partial charge in [0.1, 0.15) is 6.54 Å². The summed E-state index contributed by atoms with van der Waals surface area (Å²) in [4.78, 5) is 31.0. The molecule has 1 saturated heterocycles. The van der Waals surface area contributed by atoms with Gasteiger partial charge < -0.3 is 9.64 Å². The van der Waals surface area contributed by atoms with E-state index in [1.54, 1.807) is 12.2 Å². The molecule has 0 atom stereocenters. The van der Waals surface area contributed by atoms with Crippen LogP contribution in [0.5, 0.6) is 0 Å². The molecule has 3 amide bonds. The van der Waals surface area contributed by atoms with Crippen molar-refractivity contribution in [1.29, 1.82) is 0 Å². The molecule has 0 bridgehead atoms. The van der Waals surface area contributed by atoms with Crippen LogP contribution in [-0.2, 0) is 9.53 Å². The number of carbonyl (C=O) groups excluding carboxylic acids is 2. The van der Waals surface area contributed by atoms with Gasteiger partial charge in [-0.15, -0.1) is 0 Å². The summed E-state index contributed by atoms with van der Waals surface area (Å²) < 4.78 is 4.79. The Hall–Kier alpha value is -2.90. The average molecular weight is 303 g/mol. The summed E-state index contributed by atoms with van der Waals surface area (Å²) in [6.07, 6.45) is 9.62. The molecule has 2 heterocycles. The maximum atomic E-state index is 12.4. The van der Waals surface area contributed by atoms with E-state index in [9.17, 15) is 9.59 Å². The van der Waals surface area contributed by atoms with Crippen LogP contribution in [0.15, 0.2) is 41.3 Å². The zero-order valence-corrected chi connectivity index (χ0v) is 12.4. The summed E-state index contributed by atoms with van der Waals surface area (Å²) in [6.45, 7) is 2.09. The fraction of sp³-hybridized carbons (Fsp3) is 0.286. The molecule has 8 heteroatoms. The van der Waals surface area contributed by atoms with Gasteiger partial charge in [0.15, 0.2) is 6.40 Å². The smallest absolute Gasteiger partial charge is 0.332 e. The van der Waals surface area contributed by atoms with Gasteiger partial charge in [0.2, 0.25) is 0 Å². The normalized spacial score (nSPS) is 16.5. The second kappa shape index (κ2) is 7.21. The number of anilines is 1. The number of H-pyrrole nitrogens is 1. The lowest BCUT2D eigenvalue weighted by Crippen LogP contribution is -2.33. The number of allylic oxidation sites excluding steroid dienone is 3. The van der Waals surface area contributed by atoms with Crippen molar-refractivity contribution in [2.24, 2.45) is 4.99 Å². The van der Waals surface area contributed by atoms with E-state index in [-0.39, 0.29) is 19.0 Å². The van der Waals surface area contributed by atoms with Crippen molar-refractivity contribution in [3.8, 4) is 0 Å². The molecule has 1 aliphatic heterocycles. The van der Waals surface area contributed by atoms with Gasteiger partial charge in [0, 0.05) is 6.20 Å². The molecule has 1 aromatic rings. The van der Waals surface area contributed by atoms with Crippen molar-refractivity contribution in [2.45, 2.75) is 6.92 Å². The van der Waals surface area contributed by atoms with E-state index in [4.69, 9.17) is 4.74 Å². The Labute approximate surface area is 127 Å². The van der Waals surface area contributed by atoms with Crippen LogP contribution in [-0.4, -0.2) is 53.6 Å². The molecular weight excluding hydrogens is 286 g/mol. The van der Waals surface area contributed by atoms with Crippen LogP contribution in [0, 0.1) is 0 Å². The number of carbonyl (C=O) groups is 2. The first-order chi connectivity index (χ1) is 10.7. The first-order valence-corrected chi connectivity index (χ1v) is 6.65. The third-order valence-electron chi connectivity index (χ3n) is 2.94. The van der Waals surface area contributed by atoms with E-state index in [1.165, 1.54) is 30.8 Å². The molecule has 2 rings (SSSR count). The molecule has 1 aromatic heterocycles. The Kier molecular flexibility index (Phi) is 5.07. The van der Waals surface area contributed by atoms with Gasteiger partial charge in [-0.2, -0.15) is 5.10 Å². The highest BCUT2D eigenvalue weighted by molar-refractivity contribution is 6.19. The molecule has 1 fully saturated rings. The van der Waals surface area contributed by atoms with Crippen LogP contribution in [0.1, 0.15) is 6.92 Å². The number of aromatic nitrogens is 2. The molecule has 22 heavy (non-hydrogen) atoms. The first kappa shape index (κ1) is 15.5. The molecule has 0 spiro atoms. The minimum Gasteiger partial charge on any atom is -0.486 e. The molecule has 116 valence electrons. The fourth-order valence-corrected chi connectivity index (χ4v) is 1.95. The number of rotatable bonds is 6. The van der Waals surface area contributed by atoms with Crippen LogP contribution in [0.25, 0.3) is 0 Å². The molecule has 1 aliphatic rings. The van der Waals surface area contributed by atoms with Crippen LogP contribution in [0.4, 0.5) is 10.5 Å². The summed E-state index contributed by atoms with van der Waals surface area (Å²) in [5, 5.41) is 6.34. The number of ether oxygens (including phenoxy) is 1. The van der Waals surface area contributed by atoms with Gasteiger partial charge >= 0.3 is 6.03 Å². The number of amides is 3. The van der Waals surface area contributed by atoms with Gasteiger partial charge in [0.05, 0.1) is 31.2 Å². The third-order valence-corrected chi connectivity index (χ3v) is 2.94. The maximum Gasteiger partial charge on any atom is 0.332 e. The van der Waals surface area contributed by atoms with Crippen molar-refractivity contribution in [1.82, 2.24) is 15.1 Å². The molecule has 1 N–H and O–H groups in total. The molecule has 0 saturated carbocycles. The van der Waals surface area contributed by atoms with Gasteiger partial charge in [-0.05, 0) is 13.0 Å². The van der Waals surface area contributed by atoms with Crippen molar-refractivity contribution < 1.29 is 14.3 Å². The van der Waals surface area contributed by atoms with Crippen LogP contribution < -0.4 is 4.90 Å². The lowest BCUT2D eigenvalue weighted by molar-refractivity contribution is -0.116. The van der Waals surface area contributed by atoms with Gasteiger partial charge in [0.25, 0.3) is 5.91 Å². The monoisotopic (exact) mass is 303 g/mol. The van der Waals surface area contributed by atoms with Crippen molar-refractivity contribution in [3.05, 3.63) is 36.3 Å². The highest BCUT2D eigenvalue weighted by Crippen LogP contribution is 2.20. The number of methoxy groups -OCH3 is 1. The predicted octanol–water partition coefficient (Wildman–Crippen LogP) is 1.31. The van der Waals surface area contributed by atoms with E-state index in [2.05, 4.69) is 15.2 Å². The zero-order chi connectivity index (χ0) is 15.9. The summed E-state index contributed by atoms with van der Waals surface area (Å²) in [7, 11) is 1.49. The summed E-state index contributed by atoms with van der Waals surface area (Å²) in [5.41, 5.74) is 1.03. The van der Waals surface area contributed by atoms with E-state index < -0.39 is 6.03 Å². The lowest BCUT2D eigenvalue weighted by atomic mass is 10.3. The second-order valence-corrected chi connectivity index (χ2v) is 4.48.